The molecule has 0 bridgehead atoms. The molecule has 1 rings (SSSR count). The lowest BCUT2D eigenvalue weighted by molar-refractivity contribution is -0.0569. The van der Waals surface area contributed by atoms with Crippen molar-refractivity contribution in [3.63, 3.8) is 0 Å². The second-order valence-corrected chi connectivity index (χ2v) is 5.40. The first-order chi connectivity index (χ1) is 9.43. The first-order valence-corrected chi connectivity index (χ1v) is 7.18. The molecule has 2 atom stereocenters. The molecule has 0 heterocycles. The highest BCUT2D eigenvalue weighted by Gasteiger charge is 2.36. The van der Waals surface area contributed by atoms with Crippen LogP contribution in [0.5, 0.6) is 5.75 Å². The summed E-state index contributed by atoms with van der Waals surface area (Å²) >= 11 is 0. The molecular weight excluding hydrogens is 252 g/mol. The van der Waals surface area contributed by atoms with Gasteiger partial charge in [-0.05, 0) is 51.3 Å². The normalized spacial score (nSPS) is 15.8. The average molecular weight is 280 g/mol. The topological polar surface area (TPSA) is 56.5 Å². The van der Waals surface area contributed by atoms with Gasteiger partial charge in [0.05, 0.1) is 18.8 Å². The highest BCUT2D eigenvalue weighted by molar-refractivity contribution is 5.46. The predicted octanol–water partition coefficient (Wildman–Crippen LogP) is 3.02. The zero-order chi connectivity index (χ0) is 15.3. The van der Waals surface area contributed by atoms with Crippen molar-refractivity contribution in [1.29, 1.82) is 0 Å². The Balaban J connectivity index is 3.38. The van der Waals surface area contributed by atoms with Crippen LogP contribution in [0.2, 0.25) is 0 Å². The van der Waals surface area contributed by atoms with Gasteiger partial charge in [0.1, 0.15) is 5.75 Å². The van der Waals surface area contributed by atoms with E-state index in [-0.39, 0.29) is 11.6 Å². The molecule has 20 heavy (non-hydrogen) atoms. The lowest BCUT2D eigenvalue weighted by atomic mass is 9.85. The zero-order valence-corrected chi connectivity index (χ0v) is 13.5. The summed E-state index contributed by atoms with van der Waals surface area (Å²) in [6, 6.07) is 4.06. The van der Waals surface area contributed by atoms with E-state index in [1.165, 1.54) is 5.56 Å². The summed E-state index contributed by atoms with van der Waals surface area (Å²) in [5.41, 5.74) is 5.95. The van der Waals surface area contributed by atoms with Gasteiger partial charge < -0.3 is 9.47 Å². The van der Waals surface area contributed by atoms with Gasteiger partial charge in [0.25, 0.3) is 0 Å². The molecule has 0 aliphatic carbocycles. The van der Waals surface area contributed by atoms with Crippen LogP contribution in [0.25, 0.3) is 0 Å². The van der Waals surface area contributed by atoms with Gasteiger partial charge in [-0.25, -0.2) is 5.43 Å². The molecule has 0 spiro atoms. The molecule has 1 aromatic carbocycles. The Hall–Kier alpha value is -1.10. The SMILES string of the molecule is CCOC(C)(CC)C(NN)c1c(C)cc(C)cc1OC. The Bertz CT molecular complexity index is 448. The number of methoxy groups -OCH3 is 1. The van der Waals surface area contributed by atoms with Crippen molar-refractivity contribution in [3.8, 4) is 5.75 Å². The maximum atomic E-state index is 5.97. The van der Waals surface area contributed by atoms with Gasteiger partial charge in [-0.2, -0.15) is 0 Å². The van der Waals surface area contributed by atoms with Gasteiger partial charge >= 0.3 is 0 Å². The molecule has 0 aromatic heterocycles. The smallest absolute Gasteiger partial charge is 0.124 e. The number of nitrogens with two attached hydrogens (primary N) is 1. The van der Waals surface area contributed by atoms with Crippen LogP contribution in [0.4, 0.5) is 0 Å². The van der Waals surface area contributed by atoms with Crippen molar-refractivity contribution in [2.75, 3.05) is 13.7 Å². The van der Waals surface area contributed by atoms with E-state index in [1.54, 1.807) is 7.11 Å². The first-order valence-electron chi connectivity index (χ1n) is 7.18. The fraction of sp³-hybridized carbons (Fsp3) is 0.625. The van der Waals surface area contributed by atoms with E-state index < -0.39 is 0 Å². The summed E-state index contributed by atoms with van der Waals surface area (Å²) in [7, 11) is 1.69. The van der Waals surface area contributed by atoms with Gasteiger partial charge in [0.15, 0.2) is 0 Å². The van der Waals surface area contributed by atoms with Crippen molar-refractivity contribution in [1.82, 2.24) is 5.43 Å². The molecule has 0 aliphatic rings. The van der Waals surface area contributed by atoms with Crippen molar-refractivity contribution in [3.05, 3.63) is 28.8 Å². The molecule has 2 unspecified atom stereocenters. The van der Waals surface area contributed by atoms with E-state index in [2.05, 4.69) is 39.2 Å². The van der Waals surface area contributed by atoms with E-state index in [4.69, 9.17) is 15.3 Å². The maximum absolute atomic E-state index is 5.97. The minimum Gasteiger partial charge on any atom is -0.496 e. The molecule has 0 aliphatic heterocycles. The third-order valence-electron chi connectivity index (χ3n) is 3.96. The van der Waals surface area contributed by atoms with Gasteiger partial charge in [-0.1, -0.05) is 13.0 Å². The maximum Gasteiger partial charge on any atom is 0.124 e. The number of hydrogen-bond acceptors (Lipinski definition) is 4. The summed E-state index contributed by atoms with van der Waals surface area (Å²) in [6.45, 7) is 11.0. The van der Waals surface area contributed by atoms with E-state index in [0.717, 1.165) is 23.3 Å². The number of nitrogens with one attached hydrogen (secondary N) is 1. The number of hydrazine groups is 1. The molecule has 0 saturated carbocycles. The number of rotatable bonds is 7. The number of ether oxygens (including phenoxy) is 2. The minimum atomic E-state index is -0.378. The van der Waals surface area contributed by atoms with Crippen LogP contribution in [0.15, 0.2) is 12.1 Å². The van der Waals surface area contributed by atoms with Crippen LogP contribution in [-0.4, -0.2) is 19.3 Å². The molecule has 0 radical (unpaired) electrons. The highest BCUT2D eigenvalue weighted by atomic mass is 16.5. The molecule has 4 heteroatoms. The molecule has 1 aromatic rings. The predicted molar refractivity (Wildman–Crippen MR) is 82.9 cm³/mol. The number of aryl methyl sites for hydroxylation is 2. The summed E-state index contributed by atoms with van der Waals surface area (Å²) in [4.78, 5) is 0. The Morgan fingerprint density at radius 1 is 1.30 bits per heavy atom. The van der Waals surface area contributed by atoms with Crippen molar-refractivity contribution in [2.24, 2.45) is 5.84 Å². The third kappa shape index (κ3) is 3.32. The molecular formula is C16H28N2O2. The molecule has 114 valence electrons. The Kier molecular flexibility index (Phi) is 5.99. The van der Waals surface area contributed by atoms with E-state index in [1.807, 2.05) is 13.0 Å². The Morgan fingerprint density at radius 3 is 2.40 bits per heavy atom. The monoisotopic (exact) mass is 280 g/mol. The molecule has 0 amide bonds. The van der Waals surface area contributed by atoms with E-state index in [9.17, 15) is 0 Å². The summed E-state index contributed by atoms with van der Waals surface area (Å²) in [5.74, 6) is 6.69. The standard InChI is InChI=1S/C16H28N2O2/c1-7-16(5,20-8-2)15(18-17)14-12(4)9-11(3)10-13(14)19-6/h9-10,15,18H,7-8,17H2,1-6H3. The number of hydrogen-bond donors (Lipinski definition) is 2. The summed E-state index contributed by atoms with van der Waals surface area (Å²) < 4.78 is 11.5. The molecule has 4 nitrogen and oxygen atoms in total. The van der Waals surface area contributed by atoms with Gasteiger partial charge in [0, 0.05) is 12.2 Å². The van der Waals surface area contributed by atoms with E-state index in [0.29, 0.717) is 6.61 Å². The Labute approximate surface area is 122 Å². The Morgan fingerprint density at radius 2 is 1.95 bits per heavy atom. The fourth-order valence-corrected chi connectivity index (χ4v) is 2.76. The zero-order valence-electron chi connectivity index (χ0n) is 13.5. The second kappa shape index (κ2) is 7.07. The largest absolute Gasteiger partial charge is 0.496 e. The third-order valence-corrected chi connectivity index (χ3v) is 3.96. The summed E-state index contributed by atoms with van der Waals surface area (Å²) in [6.07, 6.45) is 0.853. The van der Waals surface area contributed by atoms with Gasteiger partial charge in [-0.15, -0.1) is 0 Å². The van der Waals surface area contributed by atoms with Gasteiger partial charge in [0.2, 0.25) is 0 Å². The van der Waals surface area contributed by atoms with E-state index >= 15 is 0 Å². The highest BCUT2D eigenvalue weighted by Crippen LogP contribution is 2.38. The molecule has 0 saturated heterocycles. The van der Waals surface area contributed by atoms with Crippen molar-refractivity contribution < 1.29 is 9.47 Å². The van der Waals surface area contributed by atoms with Crippen LogP contribution in [0.3, 0.4) is 0 Å². The fourth-order valence-electron chi connectivity index (χ4n) is 2.76. The molecule has 3 N–H and O–H groups in total. The lowest BCUT2D eigenvalue weighted by Gasteiger charge is -2.38. The lowest BCUT2D eigenvalue weighted by Crippen LogP contribution is -2.46. The van der Waals surface area contributed by atoms with Crippen LogP contribution in [0.1, 0.15) is 49.9 Å². The van der Waals surface area contributed by atoms with Crippen molar-refractivity contribution in [2.45, 2.75) is 52.7 Å². The van der Waals surface area contributed by atoms with Crippen LogP contribution in [-0.2, 0) is 4.74 Å². The van der Waals surface area contributed by atoms with Crippen LogP contribution < -0.4 is 16.0 Å². The first kappa shape index (κ1) is 17.0. The minimum absolute atomic E-state index is 0.122. The molecule has 0 fully saturated rings. The van der Waals surface area contributed by atoms with Crippen LogP contribution >= 0.6 is 0 Å². The van der Waals surface area contributed by atoms with Gasteiger partial charge in [-0.3, -0.25) is 5.84 Å². The summed E-state index contributed by atoms with van der Waals surface area (Å²) in [5, 5.41) is 0. The van der Waals surface area contributed by atoms with Crippen LogP contribution in [0, 0.1) is 13.8 Å². The second-order valence-electron chi connectivity index (χ2n) is 5.40. The van der Waals surface area contributed by atoms with Crippen molar-refractivity contribution >= 4 is 0 Å². The quantitative estimate of drug-likeness (QED) is 0.595. The number of benzene rings is 1. The average Bonchev–Trinajstić information content (AvgIpc) is 2.41.